The molecule has 0 spiro atoms. The van der Waals surface area contributed by atoms with Crippen LogP contribution in [0.25, 0.3) is 0 Å². The van der Waals surface area contributed by atoms with Crippen LogP contribution in [0.4, 0.5) is 8.78 Å². The number of nitrogens with zero attached hydrogens (tertiary/aromatic N) is 3. The number of halogens is 2. The second-order valence-electron chi connectivity index (χ2n) is 8.35. The lowest BCUT2D eigenvalue weighted by Crippen LogP contribution is -2.42. The molecular formula is C19H30F2N4OSi. The van der Waals surface area contributed by atoms with Crippen molar-refractivity contribution >= 4 is 14.5 Å². The first kappa shape index (κ1) is 21.7. The van der Waals surface area contributed by atoms with Crippen LogP contribution in [0.1, 0.15) is 50.6 Å². The summed E-state index contributed by atoms with van der Waals surface area (Å²) in [6.07, 6.45) is 5.08. The Hall–Kier alpha value is -1.64. The van der Waals surface area contributed by atoms with Gasteiger partial charge in [-0.25, -0.2) is 5.01 Å². The van der Waals surface area contributed by atoms with Crippen LogP contribution in [0.15, 0.2) is 36.1 Å². The molecule has 0 amide bonds. The summed E-state index contributed by atoms with van der Waals surface area (Å²) >= 11 is 0. The summed E-state index contributed by atoms with van der Waals surface area (Å²) in [6, 6.07) is 2.18. The predicted molar refractivity (Wildman–Crippen MR) is 107 cm³/mol. The lowest BCUT2D eigenvalue weighted by Gasteiger charge is -2.39. The molecule has 0 saturated heterocycles. The van der Waals surface area contributed by atoms with E-state index in [0.29, 0.717) is 17.7 Å². The minimum absolute atomic E-state index is 0.0398. The standard InChI is InChI=1S/C19H30F2N4OSi/c1-7-8-16(26-27(5,6)19(2,3)4)15-11-13(9-10-23-15)17-14(22)12-24-25(17)18(20)21/h7,9-12,14,16-18H,1,8,22H2,2-6H3. The highest BCUT2D eigenvalue weighted by Crippen LogP contribution is 2.41. The molecule has 1 aliphatic rings. The molecule has 0 bridgehead atoms. The summed E-state index contributed by atoms with van der Waals surface area (Å²) in [7, 11) is -2.05. The van der Waals surface area contributed by atoms with Crippen LogP contribution in [0.3, 0.4) is 0 Å². The zero-order valence-corrected chi connectivity index (χ0v) is 17.7. The fraction of sp³-hybridized carbons (Fsp3) is 0.579. The van der Waals surface area contributed by atoms with Gasteiger partial charge in [0.2, 0.25) is 0 Å². The second kappa shape index (κ2) is 8.16. The van der Waals surface area contributed by atoms with Crippen LogP contribution >= 0.6 is 0 Å². The molecule has 0 fully saturated rings. The first-order chi connectivity index (χ1) is 12.5. The Balaban J connectivity index is 2.34. The topological polar surface area (TPSA) is 63.7 Å². The summed E-state index contributed by atoms with van der Waals surface area (Å²) < 4.78 is 33.1. The maximum atomic E-state index is 13.3. The van der Waals surface area contributed by atoms with Crippen molar-refractivity contribution in [3.8, 4) is 0 Å². The maximum Gasteiger partial charge on any atom is 0.330 e. The lowest BCUT2D eigenvalue weighted by molar-refractivity contribution is -0.0473. The summed E-state index contributed by atoms with van der Waals surface area (Å²) in [5.74, 6) is 0. The number of alkyl halides is 2. The largest absolute Gasteiger partial charge is 0.408 e. The number of hydrogen-bond donors (Lipinski definition) is 1. The van der Waals surface area contributed by atoms with Crippen LogP contribution in [0, 0.1) is 0 Å². The zero-order chi connectivity index (χ0) is 20.4. The Morgan fingerprint density at radius 1 is 1.41 bits per heavy atom. The van der Waals surface area contributed by atoms with E-state index in [2.05, 4.69) is 50.5 Å². The van der Waals surface area contributed by atoms with Crippen molar-refractivity contribution in [3.63, 3.8) is 0 Å². The van der Waals surface area contributed by atoms with Crippen molar-refractivity contribution in [3.05, 3.63) is 42.2 Å². The number of aromatic nitrogens is 1. The fourth-order valence-corrected chi connectivity index (χ4v) is 4.05. The predicted octanol–water partition coefficient (Wildman–Crippen LogP) is 4.61. The number of pyridine rings is 1. The quantitative estimate of drug-likeness (QED) is 0.415. The summed E-state index contributed by atoms with van der Waals surface area (Å²) in [5.41, 5.74) is 7.35. The monoisotopic (exact) mass is 396 g/mol. The van der Waals surface area contributed by atoms with E-state index in [1.54, 1.807) is 24.4 Å². The van der Waals surface area contributed by atoms with E-state index in [4.69, 9.17) is 10.2 Å². The molecule has 0 aliphatic carbocycles. The highest BCUT2D eigenvalue weighted by atomic mass is 28.4. The first-order valence-electron chi connectivity index (χ1n) is 9.08. The Morgan fingerprint density at radius 3 is 2.63 bits per heavy atom. The lowest BCUT2D eigenvalue weighted by atomic mass is 10.00. The minimum Gasteiger partial charge on any atom is -0.408 e. The van der Waals surface area contributed by atoms with Crippen LogP contribution < -0.4 is 5.73 Å². The molecule has 0 aromatic carbocycles. The van der Waals surface area contributed by atoms with Gasteiger partial charge in [-0.1, -0.05) is 26.8 Å². The number of hydrazone groups is 1. The van der Waals surface area contributed by atoms with E-state index in [1.165, 1.54) is 6.21 Å². The summed E-state index contributed by atoms with van der Waals surface area (Å²) in [6.45, 7) is 12.0. The molecule has 3 atom stereocenters. The SMILES string of the molecule is C=CCC(O[Si](C)(C)C(C)(C)C)c1cc(C2C(N)C=NN2C(F)F)ccn1. The number of hydrogen-bond acceptors (Lipinski definition) is 5. The van der Waals surface area contributed by atoms with Gasteiger partial charge < -0.3 is 10.2 Å². The van der Waals surface area contributed by atoms with Crippen molar-refractivity contribution in [1.29, 1.82) is 0 Å². The van der Waals surface area contributed by atoms with Gasteiger partial charge in [-0.05, 0) is 42.2 Å². The van der Waals surface area contributed by atoms with Gasteiger partial charge in [-0.2, -0.15) is 13.9 Å². The molecule has 1 aliphatic heterocycles. The number of nitrogens with two attached hydrogens (primary N) is 1. The Morgan fingerprint density at radius 2 is 2.07 bits per heavy atom. The smallest absolute Gasteiger partial charge is 0.330 e. The van der Waals surface area contributed by atoms with E-state index in [1.807, 2.05) is 0 Å². The third kappa shape index (κ3) is 4.80. The van der Waals surface area contributed by atoms with Gasteiger partial charge in [0.1, 0.15) is 0 Å². The van der Waals surface area contributed by atoms with Gasteiger partial charge >= 0.3 is 6.55 Å². The van der Waals surface area contributed by atoms with Gasteiger partial charge in [0.25, 0.3) is 0 Å². The van der Waals surface area contributed by atoms with E-state index in [0.717, 1.165) is 5.01 Å². The molecule has 27 heavy (non-hydrogen) atoms. The van der Waals surface area contributed by atoms with Gasteiger partial charge in [-0.3, -0.25) is 4.98 Å². The average molecular weight is 397 g/mol. The van der Waals surface area contributed by atoms with Crippen LogP contribution in [-0.4, -0.2) is 37.1 Å². The van der Waals surface area contributed by atoms with Gasteiger partial charge in [-0.15, -0.1) is 6.58 Å². The second-order valence-corrected chi connectivity index (χ2v) is 13.1. The normalized spacial score (nSPS) is 21.7. The Kier molecular flexibility index (Phi) is 6.54. The highest BCUT2D eigenvalue weighted by Gasteiger charge is 2.40. The molecule has 150 valence electrons. The Bertz CT molecular complexity index is 691. The molecule has 5 nitrogen and oxygen atoms in total. The van der Waals surface area contributed by atoms with E-state index in [9.17, 15) is 8.78 Å². The van der Waals surface area contributed by atoms with Crippen molar-refractivity contribution in [2.45, 2.75) is 70.1 Å². The molecule has 1 aromatic heterocycles. The highest BCUT2D eigenvalue weighted by molar-refractivity contribution is 6.74. The van der Waals surface area contributed by atoms with Gasteiger partial charge in [0, 0.05) is 12.4 Å². The third-order valence-electron chi connectivity index (χ3n) is 5.32. The molecular weight excluding hydrogens is 366 g/mol. The molecule has 8 heteroatoms. The van der Waals surface area contributed by atoms with E-state index < -0.39 is 27.0 Å². The molecule has 2 rings (SSSR count). The molecule has 0 radical (unpaired) electrons. The average Bonchev–Trinajstić information content (AvgIpc) is 2.95. The van der Waals surface area contributed by atoms with Gasteiger partial charge in [0.15, 0.2) is 8.32 Å². The molecule has 2 N–H and O–H groups in total. The molecule has 3 unspecified atom stereocenters. The van der Waals surface area contributed by atoms with E-state index >= 15 is 0 Å². The van der Waals surface area contributed by atoms with Crippen LogP contribution in [0.5, 0.6) is 0 Å². The van der Waals surface area contributed by atoms with Crippen molar-refractivity contribution in [1.82, 2.24) is 9.99 Å². The Labute approximate surface area is 161 Å². The summed E-state index contributed by atoms with van der Waals surface area (Å²) in [5, 5.41) is 4.53. The third-order valence-corrected chi connectivity index (χ3v) is 9.81. The van der Waals surface area contributed by atoms with E-state index in [-0.39, 0.29) is 11.1 Å². The number of rotatable bonds is 7. The van der Waals surface area contributed by atoms with Crippen molar-refractivity contribution in [2.24, 2.45) is 10.8 Å². The van der Waals surface area contributed by atoms with Crippen molar-refractivity contribution < 1.29 is 13.2 Å². The molecule has 2 heterocycles. The van der Waals surface area contributed by atoms with Crippen LogP contribution in [0.2, 0.25) is 18.1 Å². The van der Waals surface area contributed by atoms with Gasteiger partial charge in [0.05, 0.1) is 23.9 Å². The minimum atomic E-state index is -2.72. The zero-order valence-electron chi connectivity index (χ0n) is 16.7. The first-order valence-corrected chi connectivity index (χ1v) is 12.0. The van der Waals surface area contributed by atoms with Crippen LogP contribution in [-0.2, 0) is 4.43 Å². The van der Waals surface area contributed by atoms with Crippen molar-refractivity contribution in [2.75, 3.05) is 0 Å². The fourth-order valence-electron chi connectivity index (χ4n) is 2.77. The summed E-state index contributed by atoms with van der Waals surface area (Å²) in [4.78, 5) is 4.45. The molecule has 1 aromatic rings. The molecule has 0 saturated carbocycles. The maximum absolute atomic E-state index is 13.3.